The van der Waals surface area contributed by atoms with Crippen LogP contribution < -0.4 is 4.72 Å². The molecule has 2 rings (SSSR count). The van der Waals surface area contributed by atoms with Gasteiger partial charge in [-0.05, 0) is 42.5 Å². The van der Waals surface area contributed by atoms with Gasteiger partial charge in [0.2, 0.25) is 10.0 Å². The predicted octanol–water partition coefficient (Wildman–Crippen LogP) is 2.99. The van der Waals surface area contributed by atoms with Gasteiger partial charge in [0.05, 0.1) is 4.90 Å². The quantitative estimate of drug-likeness (QED) is 0.831. The maximum Gasteiger partial charge on any atom is 0.240 e. The molecule has 0 aliphatic carbocycles. The lowest BCUT2D eigenvalue weighted by atomic mass is 10.2. The molecule has 0 fully saturated rings. The third-order valence-electron chi connectivity index (χ3n) is 3.19. The summed E-state index contributed by atoms with van der Waals surface area (Å²) in [5.41, 5.74) is 1.54. The van der Waals surface area contributed by atoms with Gasteiger partial charge in [0.25, 0.3) is 0 Å². The van der Waals surface area contributed by atoms with Crippen molar-refractivity contribution < 1.29 is 13.2 Å². The van der Waals surface area contributed by atoms with Gasteiger partial charge in [-0.3, -0.25) is 4.79 Å². The molecule has 1 heterocycles. The van der Waals surface area contributed by atoms with Crippen LogP contribution in [0, 0.1) is 0 Å². The van der Waals surface area contributed by atoms with Crippen LogP contribution in [0.25, 0.3) is 0 Å². The number of Topliss-reactive ketones (excluding diaryl/α,β-unsaturated/α-hetero) is 1. The van der Waals surface area contributed by atoms with Crippen molar-refractivity contribution >= 4 is 27.1 Å². The molecular formula is C15H17NO3S2. The topological polar surface area (TPSA) is 63.2 Å². The van der Waals surface area contributed by atoms with Gasteiger partial charge < -0.3 is 0 Å². The molecule has 0 radical (unpaired) electrons. The molecule has 0 unspecified atom stereocenters. The number of aryl methyl sites for hydroxylation is 1. The minimum atomic E-state index is -3.61. The van der Waals surface area contributed by atoms with Gasteiger partial charge in [0.15, 0.2) is 5.78 Å². The van der Waals surface area contributed by atoms with E-state index in [1.807, 2.05) is 18.4 Å². The summed E-state index contributed by atoms with van der Waals surface area (Å²) in [6.45, 7) is 3.72. The maximum absolute atomic E-state index is 12.3. The molecule has 1 aromatic heterocycles. The Morgan fingerprint density at radius 1 is 1.29 bits per heavy atom. The highest BCUT2D eigenvalue weighted by molar-refractivity contribution is 7.89. The summed E-state index contributed by atoms with van der Waals surface area (Å²) < 4.78 is 27.2. The Morgan fingerprint density at radius 3 is 2.71 bits per heavy atom. The summed E-state index contributed by atoms with van der Waals surface area (Å²) in [4.78, 5) is 12.5. The molecule has 6 heteroatoms. The molecule has 0 atom stereocenters. The van der Waals surface area contributed by atoms with Crippen LogP contribution in [0.4, 0.5) is 0 Å². The number of carbonyl (C=O) groups is 1. The van der Waals surface area contributed by atoms with Gasteiger partial charge in [-0.2, -0.15) is 0 Å². The second-order valence-corrected chi connectivity index (χ2v) is 7.40. The van der Waals surface area contributed by atoms with Gasteiger partial charge in [0.1, 0.15) is 0 Å². The normalized spacial score (nSPS) is 11.5. The van der Waals surface area contributed by atoms with E-state index in [1.165, 1.54) is 30.4 Å². The zero-order valence-corrected chi connectivity index (χ0v) is 13.6. The van der Waals surface area contributed by atoms with Crippen molar-refractivity contribution in [3.05, 3.63) is 51.7 Å². The smallest absolute Gasteiger partial charge is 0.240 e. The Labute approximate surface area is 128 Å². The van der Waals surface area contributed by atoms with E-state index in [-0.39, 0.29) is 17.2 Å². The first-order valence-corrected chi connectivity index (χ1v) is 8.96. The number of benzene rings is 1. The predicted molar refractivity (Wildman–Crippen MR) is 84.2 cm³/mol. The molecule has 4 nitrogen and oxygen atoms in total. The van der Waals surface area contributed by atoms with E-state index in [1.54, 1.807) is 12.1 Å². The molecule has 112 valence electrons. The van der Waals surface area contributed by atoms with Crippen LogP contribution in [0.1, 0.15) is 34.6 Å². The number of rotatable bonds is 6. The molecule has 21 heavy (non-hydrogen) atoms. The van der Waals surface area contributed by atoms with Gasteiger partial charge in [-0.15, -0.1) is 11.3 Å². The molecule has 0 spiro atoms. The van der Waals surface area contributed by atoms with E-state index < -0.39 is 10.0 Å². The van der Waals surface area contributed by atoms with E-state index in [2.05, 4.69) is 4.72 Å². The largest absolute Gasteiger partial charge is 0.295 e. The van der Waals surface area contributed by atoms with Crippen molar-refractivity contribution in [3.63, 3.8) is 0 Å². The van der Waals surface area contributed by atoms with Crippen molar-refractivity contribution in [1.82, 2.24) is 4.72 Å². The molecule has 1 N–H and O–H groups in total. The van der Waals surface area contributed by atoms with Crippen LogP contribution in [-0.2, 0) is 23.0 Å². The molecule has 2 aromatic rings. The lowest BCUT2D eigenvalue weighted by Crippen LogP contribution is -2.23. The van der Waals surface area contributed by atoms with Gasteiger partial charge in [-0.1, -0.05) is 19.1 Å². The second-order valence-electron chi connectivity index (χ2n) is 4.63. The lowest BCUT2D eigenvalue weighted by Gasteiger charge is -2.08. The molecule has 0 aliphatic heterocycles. The summed E-state index contributed by atoms with van der Waals surface area (Å²) >= 11 is 1.54. The van der Waals surface area contributed by atoms with Crippen molar-refractivity contribution in [1.29, 1.82) is 0 Å². The van der Waals surface area contributed by atoms with Crippen LogP contribution in [-0.4, -0.2) is 14.2 Å². The first kappa shape index (κ1) is 15.9. The first-order valence-electron chi connectivity index (χ1n) is 6.60. The number of hydrogen-bond donors (Lipinski definition) is 1. The minimum Gasteiger partial charge on any atom is -0.295 e. The molecule has 1 aromatic carbocycles. The van der Waals surface area contributed by atoms with Crippen molar-refractivity contribution in [3.8, 4) is 0 Å². The third kappa shape index (κ3) is 3.78. The average Bonchev–Trinajstić information content (AvgIpc) is 2.93. The highest BCUT2D eigenvalue weighted by Crippen LogP contribution is 2.18. The zero-order valence-electron chi connectivity index (χ0n) is 11.9. The number of hydrogen-bond acceptors (Lipinski definition) is 4. The minimum absolute atomic E-state index is 0.116. The van der Waals surface area contributed by atoms with E-state index in [9.17, 15) is 13.2 Å². The summed E-state index contributed by atoms with van der Waals surface area (Å²) in [5, 5.41) is 1.96. The standard InChI is InChI=1S/C15H17NO3S2/c1-3-12-7-8-20-15(12)10-16-21(18,19)14-6-4-5-13(9-14)11(2)17/h4-9,16H,3,10H2,1-2H3. The Hall–Kier alpha value is -1.50. The monoisotopic (exact) mass is 323 g/mol. The summed E-state index contributed by atoms with van der Waals surface area (Å²) in [6.07, 6.45) is 0.875. The Morgan fingerprint density at radius 2 is 2.05 bits per heavy atom. The maximum atomic E-state index is 12.3. The van der Waals surface area contributed by atoms with E-state index in [0.717, 1.165) is 16.9 Å². The molecule has 0 amide bonds. The Balaban J connectivity index is 2.19. The van der Waals surface area contributed by atoms with Crippen LogP contribution in [0.2, 0.25) is 0 Å². The number of nitrogens with one attached hydrogen (secondary N) is 1. The van der Waals surface area contributed by atoms with Crippen molar-refractivity contribution in [2.24, 2.45) is 0 Å². The summed E-state index contributed by atoms with van der Waals surface area (Å²) in [7, 11) is -3.61. The highest BCUT2D eigenvalue weighted by atomic mass is 32.2. The lowest BCUT2D eigenvalue weighted by molar-refractivity contribution is 0.101. The van der Waals surface area contributed by atoms with Gasteiger partial charge >= 0.3 is 0 Å². The van der Waals surface area contributed by atoms with Crippen molar-refractivity contribution in [2.75, 3.05) is 0 Å². The fourth-order valence-corrected chi connectivity index (χ4v) is 4.01. The summed E-state index contributed by atoms with van der Waals surface area (Å²) in [6, 6.07) is 8.08. The highest BCUT2D eigenvalue weighted by Gasteiger charge is 2.16. The van der Waals surface area contributed by atoms with Crippen LogP contribution in [0.15, 0.2) is 40.6 Å². The fourth-order valence-electron chi connectivity index (χ4n) is 1.96. The van der Waals surface area contributed by atoms with Crippen LogP contribution >= 0.6 is 11.3 Å². The van der Waals surface area contributed by atoms with E-state index in [4.69, 9.17) is 0 Å². The molecular weight excluding hydrogens is 306 g/mol. The Kier molecular flexibility index (Phi) is 4.92. The van der Waals surface area contributed by atoms with Crippen LogP contribution in [0.5, 0.6) is 0 Å². The van der Waals surface area contributed by atoms with Crippen LogP contribution in [0.3, 0.4) is 0 Å². The molecule has 0 bridgehead atoms. The SMILES string of the molecule is CCc1ccsc1CNS(=O)(=O)c1cccc(C(C)=O)c1. The van der Waals surface area contributed by atoms with Gasteiger partial charge in [0, 0.05) is 17.0 Å². The number of sulfonamides is 1. The van der Waals surface area contributed by atoms with E-state index in [0.29, 0.717) is 5.56 Å². The zero-order chi connectivity index (χ0) is 15.5. The van der Waals surface area contributed by atoms with E-state index >= 15 is 0 Å². The summed E-state index contributed by atoms with van der Waals surface area (Å²) in [5.74, 6) is -0.154. The number of carbonyl (C=O) groups excluding carboxylic acids is 1. The average molecular weight is 323 g/mol. The number of thiophene rings is 1. The second kappa shape index (κ2) is 6.51. The molecule has 0 saturated carbocycles. The first-order chi connectivity index (χ1) is 9.94. The molecule has 0 saturated heterocycles. The molecule has 0 aliphatic rings. The van der Waals surface area contributed by atoms with Crippen molar-refractivity contribution in [2.45, 2.75) is 31.7 Å². The fraction of sp³-hybridized carbons (Fsp3) is 0.267. The Bertz CT molecular complexity index is 748. The van der Waals surface area contributed by atoms with Gasteiger partial charge in [-0.25, -0.2) is 13.1 Å². The third-order valence-corrected chi connectivity index (χ3v) is 5.55. The number of ketones is 1.